The zero-order valence-corrected chi connectivity index (χ0v) is 14.8. The third-order valence-electron chi connectivity index (χ3n) is 4.88. The van der Waals surface area contributed by atoms with Crippen molar-refractivity contribution in [1.82, 2.24) is 4.90 Å². The van der Waals surface area contributed by atoms with Crippen molar-refractivity contribution in [1.29, 1.82) is 0 Å². The fraction of sp³-hybridized carbons (Fsp3) is 0.227. The van der Waals surface area contributed by atoms with Gasteiger partial charge >= 0.3 is 5.97 Å². The van der Waals surface area contributed by atoms with E-state index in [1.165, 1.54) is 18.2 Å². The zero-order chi connectivity index (χ0) is 17.9. The molecule has 2 unspecified atom stereocenters. The third-order valence-corrected chi connectivity index (χ3v) is 4.88. The van der Waals surface area contributed by atoms with Crippen molar-refractivity contribution in [2.45, 2.75) is 25.4 Å². The molecule has 0 radical (unpaired) electrons. The second-order valence-electron chi connectivity index (χ2n) is 6.42. The quantitative estimate of drug-likeness (QED) is 0.766. The molecule has 3 heteroatoms. The Morgan fingerprint density at radius 3 is 2.24 bits per heavy atom. The molecule has 2 atom stereocenters. The molecule has 3 rings (SSSR count). The van der Waals surface area contributed by atoms with Gasteiger partial charge in [0.05, 0.1) is 24.3 Å². The fourth-order valence-electron chi connectivity index (χ4n) is 3.33. The van der Waals surface area contributed by atoms with Gasteiger partial charge in [0.25, 0.3) is 0 Å². The van der Waals surface area contributed by atoms with Crippen LogP contribution in [-0.2, 0) is 15.1 Å². The summed E-state index contributed by atoms with van der Waals surface area (Å²) >= 11 is 0. The lowest BCUT2D eigenvalue weighted by Crippen LogP contribution is -2.42. The molecule has 1 aliphatic heterocycles. The van der Waals surface area contributed by atoms with E-state index in [1.54, 1.807) is 0 Å². The number of benzene rings is 2. The summed E-state index contributed by atoms with van der Waals surface area (Å²) in [4.78, 5) is 14.3. The Labute approximate surface area is 149 Å². The van der Waals surface area contributed by atoms with Gasteiger partial charge in [0.15, 0.2) is 0 Å². The first kappa shape index (κ1) is 17.0. The van der Waals surface area contributed by atoms with Gasteiger partial charge in [0.1, 0.15) is 0 Å². The summed E-state index contributed by atoms with van der Waals surface area (Å²) in [6, 6.07) is 20.7. The van der Waals surface area contributed by atoms with Crippen LogP contribution < -0.4 is 0 Å². The minimum Gasteiger partial charge on any atom is -0.465 e. The van der Waals surface area contributed by atoms with E-state index in [-0.39, 0.29) is 17.6 Å². The number of ether oxygens (including phenoxy) is 1. The van der Waals surface area contributed by atoms with Crippen LogP contribution in [0.4, 0.5) is 0 Å². The van der Waals surface area contributed by atoms with Crippen LogP contribution in [-0.4, -0.2) is 18.0 Å². The standard InChI is InChI=1S/C22H23NO2/c1-17(18-10-6-4-7-11-18)23-16-19(21(24)25-3)14-15-22(23,2)20-12-8-5-9-13-20/h4-17H,1-3H3. The van der Waals surface area contributed by atoms with Crippen molar-refractivity contribution in [2.75, 3.05) is 7.11 Å². The van der Waals surface area contributed by atoms with Gasteiger partial charge in [0.2, 0.25) is 0 Å². The molecule has 0 spiro atoms. The number of nitrogens with zero attached hydrogens (tertiary/aromatic N) is 1. The Kier molecular flexibility index (Phi) is 4.75. The van der Waals surface area contributed by atoms with Gasteiger partial charge in [-0.25, -0.2) is 4.79 Å². The maximum absolute atomic E-state index is 12.1. The lowest BCUT2D eigenvalue weighted by Gasteiger charge is -2.45. The van der Waals surface area contributed by atoms with E-state index in [9.17, 15) is 4.79 Å². The molecule has 3 nitrogen and oxygen atoms in total. The average molecular weight is 333 g/mol. The topological polar surface area (TPSA) is 29.5 Å². The Bertz CT molecular complexity index is 795. The summed E-state index contributed by atoms with van der Waals surface area (Å²) in [5.74, 6) is -0.323. The smallest absolute Gasteiger partial charge is 0.339 e. The molecule has 0 saturated heterocycles. The molecule has 0 bridgehead atoms. The molecule has 25 heavy (non-hydrogen) atoms. The summed E-state index contributed by atoms with van der Waals surface area (Å²) in [7, 11) is 1.41. The van der Waals surface area contributed by atoms with E-state index >= 15 is 0 Å². The number of rotatable bonds is 4. The Hall–Kier alpha value is -2.81. The number of carbonyl (C=O) groups excluding carboxylic acids is 1. The Morgan fingerprint density at radius 2 is 1.64 bits per heavy atom. The molecule has 1 heterocycles. The maximum Gasteiger partial charge on any atom is 0.339 e. The Morgan fingerprint density at radius 1 is 1.04 bits per heavy atom. The molecule has 1 aliphatic rings. The molecule has 0 amide bonds. The average Bonchev–Trinajstić information content (AvgIpc) is 2.68. The molecular weight excluding hydrogens is 310 g/mol. The van der Waals surface area contributed by atoms with Crippen molar-refractivity contribution >= 4 is 5.97 Å². The van der Waals surface area contributed by atoms with Crippen molar-refractivity contribution < 1.29 is 9.53 Å². The van der Waals surface area contributed by atoms with Crippen molar-refractivity contribution in [3.05, 3.63) is 95.7 Å². The van der Waals surface area contributed by atoms with E-state index in [4.69, 9.17) is 4.74 Å². The Balaban J connectivity index is 2.07. The van der Waals surface area contributed by atoms with E-state index < -0.39 is 0 Å². The van der Waals surface area contributed by atoms with E-state index in [1.807, 2.05) is 48.7 Å². The molecule has 2 aromatic carbocycles. The maximum atomic E-state index is 12.1. The van der Waals surface area contributed by atoms with Crippen LogP contribution in [0.1, 0.15) is 31.0 Å². The van der Waals surface area contributed by atoms with Crippen LogP contribution in [0.25, 0.3) is 0 Å². The van der Waals surface area contributed by atoms with Crippen LogP contribution in [0, 0.1) is 0 Å². The van der Waals surface area contributed by atoms with Crippen molar-refractivity contribution in [3.63, 3.8) is 0 Å². The van der Waals surface area contributed by atoms with E-state index in [0.717, 1.165) is 0 Å². The lowest BCUT2D eigenvalue weighted by molar-refractivity contribution is -0.135. The molecule has 128 valence electrons. The molecule has 2 aromatic rings. The predicted octanol–water partition coefficient (Wildman–Crippen LogP) is 4.59. The highest BCUT2D eigenvalue weighted by atomic mass is 16.5. The largest absolute Gasteiger partial charge is 0.465 e. The van der Waals surface area contributed by atoms with E-state index in [0.29, 0.717) is 5.57 Å². The predicted molar refractivity (Wildman–Crippen MR) is 99.7 cm³/mol. The monoisotopic (exact) mass is 333 g/mol. The summed E-state index contributed by atoms with van der Waals surface area (Å²) in [5, 5.41) is 0. The molecule has 0 aliphatic carbocycles. The fourth-order valence-corrected chi connectivity index (χ4v) is 3.33. The lowest BCUT2D eigenvalue weighted by atomic mass is 9.85. The van der Waals surface area contributed by atoms with Crippen LogP contribution >= 0.6 is 0 Å². The van der Waals surface area contributed by atoms with Gasteiger partial charge in [-0.2, -0.15) is 0 Å². The SMILES string of the molecule is COC(=O)C1=CN(C(C)c2ccccc2)C(C)(c2ccccc2)C=C1. The van der Waals surface area contributed by atoms with Gasteiger partial charge in [0, 0.05) is 6.20 Å². The van der Waals surface area contributed by atoms with E-state index in [2.05, 4.69) is 49.1 Å². The highest BCUT2D eigenvalue weighted by Gasteiger charge is 2.36. The molecule has 0 N–H and O–H groups in total. The second kappa shape index (κ2) is 6.98. The molecule has 0 fully saturated rings. The summed E-state index contributed by atoms with van der Waals surface area (Å²) in [5.41, 5.74) is 2.57. The first-order valence-corrected chi connectivity index (χ1v) is 8.44. The highest BCUT2D eigenvalue weighted by Crippen LogP contribution is 2.40. The number of hydrogen-bond acceptors (Lipinski definition) is 3. The van der Waals surface area contributed by atoms with Crippen LogP contribution in [0.3, 0.4) is 0 Å². The number of hydrogen-bond donors (Lipinski definition) is 0. The normalized spacial score (nSPS) is 20.8. The van der Waals surface area contributed by atoms with Crippen molar-refractivity contribution in [2.24, 2.45) is 0 Å². The highest BCUT2D eigenvalue weighted by molar-refractivity contribution is 5.91. The van der Waals surface area contributed by atoms with Gasteiger partial charge in [-0.15, -0.1) is 0 Å². The van der Waals surface area contributed by atoms with Gasteiger partial charge in [-0.1, -0.05) is 66.7 Å². The minimum atomic E-state index is -0.353. The summed E-state index contributed by atoms with van der Waals surface area (Å²) < 4.78 is 4.91. The van der Waals surface area contributed by atoms with Crippen LogP contribution in [0.2, 0.25) is 0 Å². The first-order chi connectivity index (χ1) is 12.1. The van der Waals surface area contributed by atoms with Crippen LogP contribution in [0.5, 0.6) is 0 Å². The number of esters is 1. The zero-order valence-electron chi connectivity index (χ0n) is 14.8. The number of carbonyl (C=O) groups is 1. The second-order valence-corrected chi connectivity index (χ2v) is 6.42. The summed E-state index contributed by atoms with van der Waals surface area (Å²) in [6.45, 7) is 4.32. The third kappa shape index (κ3) is 3.22. The van der Waals surface area contributed by atoms with Gasteiger partial charge < -0.3 is 9.64 Å². The molecule has 0 saturated carbocycles. The first-order valence-electron chi connectivity index (χ1n) is 8.44. The number of methoxy groups -OCH3 is 1. The minimum absolute atomic E-state index is 0.0935. The van der Waals surface area contributed by atoms with Gasteiger partial charge in [-0.3, -0.25) is 0 Å². The molecule has 0 aromatic heterocycles. The molecular formula is C22H23NO2. The van der Waals surface area contributed by atoms with Crippen molar-refractivity contribution in [3.8, 4) is 0 Å². The van der Waals surface area contributed by atoms with Crippen LogP contribution in [0.15, 0.2) is 84.6 Å². The summed E-state index contributed by atoms with van der Waals surface area (Å²) in [6.07, 6.45) is 5.84. The van der Waals surface area contributed by atoms with Gasteiger partial charge in [-0.05, 0) is 31.1 Å².